The SMILES string of the molecule is CCOc1cc(CNc2ccc(Cl)cc2F)ccc1OC. The van der Waals surface area contributed by atoms with Crippen LogP contribution in [-0.2, 0) is 6.54 Å². The molecule has 0 saturated carbocycles. The van der Waals surface area contributed by atoms with Crippen molar-refractivity contribution in [1.29, 1.82) is 0 Å². The maximum atomic E-state index is 13.7. The molecule has 0 aliphatic heterocycles. The average molecular weight is 310 g/mol. The van der Waals surface area contributed by atoms with Crippen molar-refractivity contribution in [2.45, 2.75) is 13.5 Å². The number of nitrogens with one attached hydrogen (secondary N) is 1. The Morgan fingerprint density at radius 2 is 1.95 bits per heavy atom. The molecule has 1 N–H and O–H groups in total. The predicted octanol–water partition coefficient (Wildman–Crippen LogP) is 4.50. The number of halogens is 2. The molecule has 2 rings (SSSR count). The third-order valence-electron chi connectivity index (χ3n) is 2.94. The summed E-state index contributed by atoms with van der Waals surface area (Å²) in [6.07, 6.45) is 0. The Morgan fingerprint density at radius 3 is 2.62 bits per heavy atom. The summed E-state index contributed by atoms with van der Waals surface area (Å²) in [5, 5.41) is 3.41. The first-order valence-electron chi connectivity index (χ1n) is 6.62. The van der Waals surface area contributed by atoms with E-state index < -0.39 is 0 Å². The summed E-state index contributed by atoms with van der Waals surface area (Å²) in [7, 11) is 1.60. The van der Waals surface area contributed by atoms with Gasteiger partial charge in [0.1, 0.15) is 5.82 Å². The fourth-order valence-corrected chi connectivity index (χ4v) is 2.09. The van der Waals surface area contributed by atoms with Crippen molar-refractivity contribution in [1.82, 2.24) is 0 Å². The van der Waals surface area contributed by atoms with Crippen LogP contribution in [0, 0.1) is 5.82 Å². The Labute approximate surface area is 128 Å². The molecule has 0 aliphatic rings. The van der Waals surface area contributed by atoms with Gasteiger partial charge in [-0.25, -0.2) is 4.39 Å². The van der Waals surface area contributed by atoms with Crippen molar-refractivity contribution < 1.29 is 13.9 Å². The molecule has 0 atom stereocenters. The molecule has 3 nitrogen and oxygen atoms in total. The minimum atomic E-state index is -0.374. The topological polar surface area (TPSA) is 30.5 Å². The van der Waals surface area contributed by atoms with Gasteiger partial charge in [-0.15, -0.1) is 0 Å². The Balaban J connectivity index is 2.10. The van der Waals surface area contributed by atoms with Crippen LogP contribution in [0.15, 0.2) is 36.4 Å². The third kappa shape index (κ3) is 4.02. The maximum absolute atomic E-state index is 13.7. The number of hydrogen-bond donors (Lipinski definition) is 1. The Kier molecular flexibility index (Phi) is 5.28. The molecular weight excluding hydrogens is 293 g/mol. The van der Waals surface area contributed by atoms with Crippen LogP contribution in [-0.4, -0.2) is 13.7 Å². The first kappa shape index (κ1) is 15.4. The standard InChI is InChI=1S/C16H17ClFNO2/c1-3-21-16-8-11(4-7-15(16)20-2)10-19-14-6-5-12(17)9-13(14)18/h4-9,19H,3,10H2,1-2H3. The summed E-state index contributed by atoms with van der Waals surface area (Å²) in [6.45, 7) is 2.94. The Bertz CT molecular complexity index is 619. The van der Waals surface area contributed by atoms with E-state index >= 15 is 0 Å². The Hall–Kier alpha value is -1.94. The van der Waals surface area contributed by atoms with Gasteiger partial charge in [0.15, 0.2) is 11.5 Å². The van der Waals surface area contributed by atoms with Gasteiger partial charge in [-0.1, -0.05) is 17.7 Å². The second kappa shape index (κ2) is 7.18. The van der Waals surface area contributed by atoms with Gasteiger partial charge in [-0.3, -0.25) is 0 Å². The molecule has 5 heteroatoms. The first-order valence-corrected chi connectivity index (χ1v) is 7.00. The molecular formula is C16H17ClFNO2. The summed E-state index contributed by atoms with van der Waals surface area (Å²) in [5.74, 6) is 0.982. The normalized spacial score (nSPS) is 10.3. The third-order valence-corrected chi connectivity index (χ3v) is 3.18. The van der Waals surface area contributed by atoms with Crippen LogP contribution in [0.3, 0.4) is 0 Å². The van der Waals surface area contributed by atoms with Crippen molar-refractivity contribution in [3.05, 3.63) is 52.8 Å². The number of methoxy groups -OCH3 is 1. The molecule has 21 heavy (non-hydrogen) atoms. The summed E-state index contributed by atoms with van der Waals surface area (Å²) in [4.78, 5) is 0. The van der Waals surface area contributed by atoms with E-state index in [9.17, 15) is 4.39 Å². The number of benzene rings is 2. The van der Waals surface area contributed by atoms with Crippen LogP contribution in [0.1, 0.15) is 12.5 Å². The van der Waals surface area contributed by atoms with Crippen LogP contribution in [0.4, 0.5) is 10.1 Å². The van der Waals surface area contributed by atoms with E-state index in [1.54, 1.807) is 19.2 Å². The number of hydrogen-bond acceptors (Lipinski definition) is 3. The van der Waals surface area contributed by atoms with Crippen molar-refractivity contribution in [2.75, 3.05) is 19.0 Å². The zero-order chi connectivity index (χ0) is 15.2. The molecule has 112 valence electrons. The summed E-state index contributed by atoms with van der Waals surface area (Å²) < 4.78 is 24.4. The van der Waals surface area contributed by atoms with Crippen LogP contribution in [0.2, 0.25) is 5.02 Å². The molecule has 0 amide bonds. The van der Waals surface area contributed by atoms with Crippen LogP contribution >= 0.6 is 11.6 Å². The van der Waals surface area contributed by atoms with E-state index in [0.717, 1.165) is 5.56 Å². The zero-order valence-electron chi connectivity index (χ0n) is 12.0. The molecule has 0 radical (unpaired) electrons. The lowest BCUT2D eigenvalue weighted by molar-refractivity contribution is 0.310. The Morgan fingerprint density at radius 1 is 1.14 bits per heavy atom. The number of rotatable bonds is 6. The molecule has 2 aromatic carbocycles. The number of ether oxygens (including phenoxy) is 2. The van der Waals surface area contributed by atoms with Crippen LogP contribution < -0.4 is 14.8 Å². The predicted molar refractivity (Wildman–Crippen MR) is 82.9 cm³/mol. The second-order valence-electron chi connectivity index (χ2n) is 4.40. The van der Waals surface area contributed by atoms with Crippen molar-refractivity contribution >= 4 is 17.3 Å². The monoisotopic (exact) mass is 309 g/mol. The maximum Gasteiger partial charge on any atom is 0.161 e. The zero-order valence-corrected chi connectivity index (χ0v) is 12.7. The fourth-order valence-electron chi connectivity index (χ4n) is 1.93. The van der Waals surface area contributed by atoms with Crippen molar-refractivity contribution in [3.8, 4) is 11.5 Å². The van der Waals surface area contributed by atoms with Crippen LogP contribution in [0.5, 0.6) is 11.5 Å². The smallest absolute Gasteiger partial charge is 0.161 e. The van der Waals surface area contributed by atoms with Gasteiger partial charge in [0.25, 0.3) is 0 Å². The van der Waals surface area contributed by atoms with Gasteiger partial charge < -0.3 is 14.8 Å². The lowest BCUT2D eigenvalue weighted by Crippen LogP contribution is -2.03. The lowest BCUT2D eigenvalue weighted by atomic mass is 10.2. The quantitative estimate of drug-likeness (QED) is 0.852. The molecule has 0 saturated heterocycles. The fraction of sp³-hybridized carbons (Fsp3) is 0.250. The van der Waals surface area contributed by atoms with E-state index in [4.69, 9.17) is 21.1 Å². The molecule has 2 aromatic rings. The van der Waals surface area contributed by atoms with Gasteiger partial charge in [0, 0.05) is 11.6 Å². The van der Waals surface area contributed by atoms with E-state index in [0.29, 0.717) is 35.4 Å². The van der Waals surface area contributed by atoms with Crippen LogP contribution in [0.25, 0.3) is 0 Å². The molecule has 0 aromatic heterocycles. The van der Waals surface area contributed by atoms with E-state index in [1.807, 2.05) is 25.1 Å². The second-order valence-corrected chi connectivity index (χ2v) is 4.83. The lowest BCUT2D eigenvalue weighted by Gasteiger charge is -2.12. The highest BCUT2D eigenvalue weighted by molar-refractivity contribution is 6.30. The summed E-state index contributed by atoms with van der Waals surface area (Å²) >= 11 is 5.72. The minimum absolute atomic E-state index is 0.374. The molecule has 0 fully saturated rings. The minimum Gasteiger partial charge on any atom is -0.493 e. The van der Waals surface area contributed by atoms with Gasteiger partial charge in [-0.2, -0.15) is 0 Å². The summed E-state index contributed by atoms with van der Waals surface area (Å²) in [6, 6.07) is 10.2. The van der Waals surface area contributed by atoms with Gasteiger partial charge in [-0.05, 0) is 42.8 Å². The largest absolute Gasteiger partial charge is 0.493 e. The van der Waals surface area contributed by atoms with Crippen molar-refractivity contribution in [3.63, 3.8) is 0 Å². The van der Waals surface area contributed by atoms with E-state index in [-0.39, 0.29) is 5.82 Å². The molecule has 0 bridgehead atoms. The first-order chi connectivity index (χ1) is 10.1. The van der Waals surface area contributed by atoms with Gasteiger partial charge in [0.2, 0.25) is 0 Å². The average Bonchev–Trinajstić information content (AvgIpc) is 2.47. The van der Waals surface area contributed by atoms with E-state index in [2.05, 4.69) is 5.32 Å². The van der Waals surface area contributed by atoms with E-state index in [1.165, 1.54) is 6.07 Å². The molecule has 0 aliphatic carbocycles. The number of anilines is 1. The van der Waals surface area contributed by atoms with Gasteiger partial charge in [0.05, 0.1) is 19.4 Å². The molecule has 0 unspecified atom stereocenters. The molecule has 0 spiro atoms. The van der Waals surface area contributed by atoms with Gasteiger partial charge >= 0.3 is 0 Å². The highest BCUT2D eigenvalue weighted by atomic mass is 35.5. The summed E-state index contributed by atoms with van der Waals surface area (Å²) in [5.41, 5.74) is 1.38. The highest BCUT2D eigenvalue weighted by Gasteiger charge is 2.07. The highest BCUT2D eigenvalue weighted by Crippen LogP contribution is 2.28. The molecule has 0 heterocycles. The van der Waals surface area contributed by atoms with Crippen molar-refractivity contribution in [2.24, 2.45) is 0 Å².